The number of rotatable bonds is 7. The lowest BCUT2D eigenvalue weighted by molar-refractivity contribution is 0.215. The molecule has 0 unspecified atom stereocenters. The van der Waals surface area contributed by atoms with Gasteiger partial charge < -0.3 is 0 Å². The Kier molecular flexibility index (Phi) is 5.98. The molecule has 0 radical (unpaired) electrons. The predicted octanol–water partition coefficient (Wildman–Crippen LogP) is 3.43. The van der Waals surface area contributed by atoms with E-state index in [1.54, 1.807) is 20.0 Å². The first-order valence-electron chi connectivity index (χ1n) is 5.58. The molecule has 1 aromatic rings. The fourth-order valence-corrected chi connectivity index (χ4v) is 2.40. The molecule has 0 saturated carbocycles. The second-order valence-electron chi connectivity index (χ2n) is 3.21. The van der Waals surface area contributed by atoms with Gasteiger partial charge in [0.25, 0.3) is 0 Å². The second-order valence-corrected chi connectivity index (χ2v) is 4.98. The van der Waals surface area contributed by atoms with Crippen LogP contribution in [0.1, 0.15) is 19.4 Å². The molecule has 1 aromatic carbocycles. The first-order chi connectivity index (χ1) is 8.20. The van der Waals surface area contributed by atoms with E-state index in [0.717, 1.165) is 5.56 Å². The van der Waals surface area contributed by atoms with Crippen LogP contribution < -0.4 is 5.09 Å². The van der Waals surface area contributed by atoms with Crippen molar-refractivity contribution in [1.29, 1.82) is 0 Å². The number of nitrogens with one attached hydrogen (secondary N) is 1. The van der Waals surface area contributed by atoms with E-state index in [1.807, 2.05) is 36.4 Å². The van der Waals surface area contributed by atoms with Gasteiger partial charge in [-0.2, -0.15) is 0 Å². The van der Waals surface area contributed by atoms with E-state index < -0.39 is 7.75 Å². The Morgan fingerprint density at radius 2 is 1.76 bits per heavy atom. The summed E-state index contributed by atoms with van der Waals surface area (Å²) in [5.41, 5.74) is 1.01. The van der Waals surface area contributed by atoms with Gasteiger partial charge in [0.05, 0.1) is 13.2 Å². The Hall–Kier alpha value is -1.09. The highest BCUT2D eigenvalue weighted by Gasteiger charge is 2.20. The van der Waals surface area contributed by atoms with E-state index in [0.29, 0.717) is 13.2 Å². The molecular formula is C12H18NO3P. The summed E-state index contributed by atoms with van der Waals surface area (Å²) < 4.78 is 22.2. The smallest absolute Gasteiger partial charge is 0.300 e. The van der Waals surface area contributed by atoms with Crippen molar-refractivity contribution in [3.8, 4) is 0 Å². The lowest BCUT2D eigenvalue weighted by atomic mass is 10.2. The average molecular weight is 255 g/mol. The van der Waals surface area contributed by atoms with Gasteiger partial charge in [-0.1, -0.05) is 30.3 Å². The highest BCUT2D eigenvalue weighted by molar-refractivity contribution is 7.51. The minimum Gasteiger partial charge on any atom is -0.300 e. The molecule has 0 aliphatic heterocycles. The average Bonchev–Trinajstić information content (AvgIpc) is 2.31. The van der Waals surface area contributed by atoms with Crippen LogP contribution in [-0.2, 0) is 13.6 Å². The monoisotopic (exact) mass is 255 g/mol. The Balaban J connectivity index is 2.58. The van der Waals surface area contributed by atoms with Crippen LogP contribution in [-0.4, -0.2) is 13.2 Å². The minimum atomic E-state index is -3.19. The summed E-state index contributed by atoms with van der Waals surface area (Å²) >= 11 is 0. The van der Waals surface area contributed by atoms with E-state index in [2.05, 4.69) is 5.09 Å². The van der Waals surface area contributed by atoms with Gasteiger partial charge in [0, 0.05) is 6.20 Å². The van der Waals surface area contributed by atoms with Crippen molar-refractivity contribution >= 4 is 13.8 Å². The Morgan fingerprint density at radius 1 is 1.18 bits per heavy atom. The fraction of sp³-hybridized carbons (Fsp3) is 0.333. The Labute approximate surface area is 102 Å². The molecule has 0 saturated heterocycles. The summed E-state index contributed by atoms with van der Waals surface area (Å²) in [5.74, 6) is 0. The third-order valence-corrected chi connectivity index (χ3v) is 3.57. The van der Waals surface area contributed by atoms with Gasteiger partial charge in [0.2, 0.25) is 0 Å². The van der Waals surface area contributed by atoms with Crippen LogP contribution in [0.3, 0.4) is 0 Å². The summed E-state index contributed by atoms with van der Waals surface area (Å²) in [6.07, 6.45) is 3.39. The maximum Gasteiger partial charge on any atom is 0.432 e. The molecular weight excluding hydrogens is 237 g/mol. The predicted molar refractivity (Wildman–Crippen MR) is 69.5 cm³/mol. The quantitative estimate of drug-likeness (QED) is 0.758. The van der Waals surface area contributed by atoms with E-state index in [1.165, 1.54) is 0 Å². The van der Waals surface area contributed by atoms with Crippen molar-refractivity contribution in [2.75, 3.05) is 13.2 Å². The van der Waals surface area contributed by atoms with Gasteiger partial charge in [-0.3, -0.25) is 14.1 Å². The number of benzene rings is 1. The molecule has 0 bridgehead atoms. The number of hydrogen-bond acceptors (Lipinski definition) is 3. The van der Waals surface area contributed by atoms with Crippen LogP contribution in [0.5, 0.6) is 0 Å². The molecule has 0 fully saturated rings. The molecule has 4 nitrogen and oxygen atoms in total. The SMILES string of the molecule is CCOP(=O)(N/C=C/c1ccccc1)OCC. The molecule has 0 amide bonds. The van der Waals surface area contributed by atoms with Crippen molar-refractivity contribution in [3.05, 3.63) is 42.1 Å². The lowest BCUT2D eigenvalue weighted by Gasteiger charge is -2.15. The van der Waals surface area contributed by atoms with E-state index in [4.69, 9.17) is 9.05 Å². The number of hydrogen-bond donors (Lipinski definition) is 1. The Morgan fingerprint density at radius 3 is 2.29 bits per heavy atom. The molecule has 94 valence electrons. The van der Waals surface area contributed by atoms with Crippen molar-refractivity contribution < 1.29 is 13.6 Å². The molecule has 1 rings (SSSR count). The van der Waals surface area contributed by atoms with Gasteiger partial charge in [0.15, 0.2) is 0 Å². The van der Waals surface area contributed by atoms with Gasteiger partial charge >= 0.3 is 7.75 Å². The largest absolute Gasteiger partial charge is 0.432 e. The van der Waals surface area contributed by atoms with Crippen molar-refractivity contribution in [2.24, 2.45) is 0 Å². The minimum absolute atomic E-state index is 0.337. The molecule has 0 aliphatic rings. The molecule has 0 spiro atoms. The standard InChI is InChI=1S/C12H18NO3P/c1-3-15-17(14,16-4-2)13-11-10-12-8-6-5-7-9-12/h5-11H,3-4H2,1-2H3,(H,13,14)/b11-10+. The van der Waals surface area contributed by atoms with Crippen molar-refractivity contribution in [1.82, 2.24) is 5.09 Å². The van der Waals surface area contributed by atoms with Crippen LogP contribution in [0.25, 0.3) is 6.08 Å². The highest BCUT2D eigenvalue weighted by atomic mass is 31.2. The highest BCUT2D eigenvalue weighted by Crippen LogP contribution is 2.43. The van der Waals surface area contributed by atoms with E-state index in [9.17, 15) is 4.57 Å². The normalized spacial score (nSPS) is 11.9. The molecule has 0 heterocycles. The topological polar surface area (TPSA) is 47.6 Å². The zero-order valence-electron chi connectivity index (χ0n) is 10.1. The first-order valence-corrected chi connectivity index (χ1v) is 7.13. The zero-order chi connectivity index (χ0) is 12.6. The third-order valence-electron chi connectivity index (χ3n) is 1.91. The molecule has 0 atom stereocenters. The van der Waals surface area contributed by atoms with Crippen molar-refractivity contribution in [2.45, 2.75) is 13.8 Å². The van der Waals surface area contributed by atoms with Crippen LogP contribution in [0.2, 0.25) is 0 Å². The van der Waals surface area contributed by atoms with Crippen LogP contribution >= 0.6 is 7.75 Å². The summed E-state index contributed by atoms with van der Waals surface area (Å²) in [7, 11) is -3.19. The summed E-state index contributed by atoms with van der Waals surface area (Å²) in [6, 6.07) is 9.71. The summed E-state index contributed by atoms with van der Waals surface area (Å²) in [6.45, 7) is 4.22. The van der Waals surface area contributed by atoms with Crippen molar-refractivity contribution in [3.63, 3.8) is 0 Å². The van der Waals surface area contributed by atoms with Crippen LogP contribution in [0.15, 0.2) is 36.5 Å². The molecule has 0 aromatic heterocycles. The summed E-state index contributed by atoms with van der Waals surface area (Å²) in [4.78, 5) is 0. The summed E-state index contributed by atoms with van der Waals surface area (Å²) in [5, 5.41) is 2.68. The maximum atomic E-state index is 12.0. The second kappa shape index (κ2) is 7.28. The Bertz CT molecular complexity index is 382. The van der Waals surface area contributed by atoms with Crippen LogP contribution in [0.4, 0.5) is 0 Å². The molecule has 0 aliphatic carbocycles. The van der Waals surface area contributed by atoms with Gasteiger partial charge in [0.1, 0.15) is 0 Å². The molecule has 1 N–H and O–H groups in total. The maximum absolute atomic E-state index is 12.0. The third kappa shape index (κ3) is 5.18. The van der Waals surface area contributed by atoms with Gasteiger partial charge in [-0.05, 0) is 25.5 Å². The van der Waals surface area contributed by atoms with Crippen LogP contribution in [0, 0.1) is 0 Å². The lowest BCUT2D eigenvalue weighted by Crippen LogP contribution is -2.08. The van der Waals surface area contributed by atoms with Gasteiger partial charge in [-0.15, -0.1) is 0 Å². The van der Waals surface area contributed by atoms with E-state index >= 15 is 0 Å². The molecule has 5 heteroatoms. The molecule has 17 heavy (non-hydrogen) atoms. The van der Waals surface area contributed by atoms with E-state index in [-0.39, 0.29) is 0 Å². The fourth-order valence-electron chi connectivity index (χ4n) is 1.24. The first kappa shape index (κ1) is 14.0. The van der Waals surface area contributed by atoms with Gasteiger partial charge in [-0.25, -0.2) is 4.57 Å². The zero-order valence-corrected chi connectivity index (χ0v) is 11.0.